The van der Waals surface area contributed by atoms with E-state index in [2.05, 4.69) is 6.58 Å². The van der Waals surface area contributed by atoms with Gasteiger partial charge in [-0.15, -0.1) is 6.58 Å². The molecule has 1 saturated heterocycles. The van der Waals surface area contributed by atoms with Crippen molar-refractivity contribution in [3.63, 3.8) is 0 Å². The van der Waals surface area contributed by atoms with Gasteiger partial charge in [-0.1, -0.05) is 42.5 Å². The molecule has 0 radical (unpaired) electrons. The van der Waals surface area contributed by atoms with E-state index >= 15 is 0 Å². The van der Waals surface area contributed by atoms with Gasteiger partial charge in [-0.2, -0.15) is 0 Å². The highest BCUT2D eigenvalue weighted by Crippen LogP contribution is 2.45. The van der Waals surface area contributed by atoms with Crippen LogP contribution in [0, 0.1) is 11.8 Å². The second-order valence-electron chi connectivity index (χ2n) is 6.94. The fourth-order valence-electron chi connectivity index (χ4n) is 3.68. The highest BCUT2D eigenvalue weighted by molar-refractivity contribution is 5.74. The summed E-state index contributed by atoms with van der Waals surface area (Å²) in [6.07, 6.45) is 0.556. The molecule has 3 rings (SSSR count). The van der Waals surface area contributed by atoms with E-state index in [0.717, 1.165) is 11.1 Å². The SMILES string of the molecule is C=C[C@@H]1[C@H](OC)O[C@H](c2ccc(OCc3ccccc3)c(OC)c2)[C@H]1C(=O)OCC. The van der Waals surface area contributed by atoms with Gasteiger partial charge in [0.2, 0.25) is 0 Å². The molecule has 0 saturated carbocycles. The van der Waals surface area contributed by atoms with Crippen LogP contribution in [-0.2, 0) is 25.6 Å². The second-order valence-corrected chi connectivity index (χ2v) is 6.94. The van der Waals surface area contributed by atoms with Crippen molar-refractivity contribution in [1.29, 1.82) is 0 Å². The molecule has 1 aliphatic rings. The first-order valence-corrected chi connectivity index (χ1v) is 9.95. The number of esters is 1. The molecule has 6 heteroatoms. The molecular weight excluding hydrogens is 384 g/mol. The van der Waals surface area contributed by atoms with Crippen LogP contribution in [0.5, 0.6) is 11.5 Å². The van der Waals surface area contributed by atoms with E-state index in [0.29, 0.717) is 24.7 Å². The van der Waals surface area contributed by atoms with Gasteiger partial charge in [-0.3, -0.25) is 4.79 Å². The standard InChI is InChI=1S/C24H28O6/c1-5-18-21(23(25)28-6-2)22(30-24(18)27-4)17-12-13-19(20(14-17)26-3)29-15-16-10-8-7-9-11-16/h5,7-14,18,21-22,24H,1,6,15H2,2-4H3/t18-,21-,22+,24+/m0/s1. The first kappa shape index (κ1) is 21.9. The van der Waals surface area contributed by atoms with Crippen LogP contribution in [0.3, 0.4) is 0 Å². The number of hydrogen-bond acceptors (Lipinski definition) is 6. The fourth-order valence-corrected chi connectivity index (χ4v) is 3.68. The number of carbonyl (C=O) groups is 1. The highest BCUT2D eigenvalue weighted by Gasteiger charge is 2.49. The molecule has 160 valence electrons. The predicted octanol–water partition coefficient (Wildman–Crippen LogP) is 4.30. The summed E-state index contributed by atoms with van der Waals surface area (Å²) in [5, 5.41) is 0. The Balaban J connectivity index is 1.85. The minimum atomic E-state index is -0.582. The number of ether oxygens (including phenoxy) is 5. The average molecular weight is 412 g/mol. The lowest BCUT2D eigenvalue weighted by Gasteiger charge is -2.20. The fraction of sp³-hybridized carbons (Fsp3) is 0.375. The zero-order valence-electron chi connectivity index (χ0n) is 17.6. The third-order valence-electron chi connectivity index (χ3n) is 5.15. The molecule has 1 heterocycles. The maximum absolute atomic E-state index is 12.7. The molecular formula is C24H28O6. The Labute approximate surface area is 177 Å². The smallest absolute Gasteiger partial charge is 0.312 e. The normalized spacial score (nSPS) is 23.0. The van der Waals surface area contributed by atoms with Gasteiger partial charge >= 0.3 is 5.97 Å². The summed E-state index contributed by atoms with van der Waals surface area (Å²) in [6.45, 7) is 6.34. The van der Waals surface area contributed by atoms with Gasteiger partial charge < -0.3 is 23.7 Å². The van der Waals surface area contributed by atoms with Crippen molar-refractivity contribution in [2.45, 2.75) is 25.9 Å². The number of hydrogen-bond donors (Lipinski definition) is 0. The van der Waals surface area contributed by atoms with Crippen LogP contribution in [0.25, 0.3) is 0 Å². The Hall–Kier alpha value is -2.83. The lowest BCUT2D eigenvalue weighted by molar-refractivity contribution is -0.151. The van der Waals surface area contributed by atoms with E-state index in [-0.39, 0.29) is 11.9 Å². The predicted molar refractivity (Wildman–Crippen MR) is 112 cm³/mol. The van der Waals surface area contributed by atoms with Gasteiger partial charge in [0.1, 0.15) is 6.61 Å². The molecule has 2 aromatic rings. The number of carbonyl (C=O) groups excluding carboxylic acids is 1. The van der Waals surface area contributed by atoms with Gasteiger partial charge in [0.25, 0.3) is 0 Å². The third-order valence-corrected chi connectivity index (χ3v) is 5.15. The van der Waals surface area contributed by atoms with E-state index in [9.17, 15) is 4.79 Å². The Bertz CT molecular complexity index is 850. The van der Waals surface area contributed by atoms with Crippen LogP contribution in [0.15, 0.2) is 61.2 Å². The average Bonchev–Trinajstić information content (AvgIpc) is 3.17. The minimum absolute atomic E-state index is 0.291. The van der Waals surface area contributed by atoms with Crippen LogP contribution in [0.1, 0.15) is 24.2 Å². The Morgan fingerprint density at radius 3 is 2.53 bits per heavy atom. The summed E-state index contributed by atoms with van der Waals surface area (Å²) in [6, 6.07) is 15.4. The van der Waals surface area contributed by atoms with E-state index in [1.165, 1.54) is 0 Å². The van der Waals surface area contributed by atoms with E-state index in [1.54, 1.807) is 27.2 Å². The van der Waals surface area contributed by atoms with Crippen LogP contribution >= 0.6 is 0 Å². The Kier molecular flexibility index (Phi) is 7.49. The molecule has 0 aromatic heterocycles. The summed E-state index contributed by atoms with van der Waals surface area (Å²) in [5.74, 6) is -0.0485. The van der Waals surface area contributed by atoms with Crippen molar-refractivity contribution in [3.05, 3.63) is 72.3 Å². The molecule has 1 fully saturated rings. The van der Waals surface area contributed by atoms with E-state index in [4.69, 9.17) is 23.7 Å². The Morgan fingerprint density at radius 2 is 1.90 bits per heavy atom. The molecule has 30 heavy (non-hydrogen) atoms. The lowest BCUT2D eigenvalue weighted by atomic mass is 9.86. The first-order valence-electron chi connectivity index (χ1n) is 9.95. The van der Waals surface area contributed by atoms with Gasteiger partial charge in [-0.05, 0) is 30.2 Å². The third kappa shape index (κ3) is 4.66. The molecule has 6 nitrogen and oxygen atoms in total. The molecule has 0 unspecified atom stereocenters. The largest absolute Gasteiger partial charge is 0.493 e. The second kappa shape index (κ2) is 10.3. The van der Waals surface area contributed by atoms with Gasteiger partial charge in [-0.25, -0.2) is 0 Å². The van der Waals surface area contributed by atoms with Crippen molar-refractivity contribution in [2.75, 3.05) is 20.8 Å². The first-order chi connectivity index (χ1) is 14.6. The molecule has 0 amide bonds. The van der Waals surface area contributed by atoms with E-state index < -0.39 is 18.3 Å². The summed E-state index contributed by atoms with van der Waals surface area (Å²) in [5.41, 5.74) is 1.84. The van der Waals surface area contributed by atoms with Crippen molar-refractivity contribution in [2.24, 2.45) is 11.8 Å². The zero-order valence-corrected chi connectivity index (χ0v) is 17.6. The monoisotopic (exact) mass is 412 g/mol. The zero-order chi connectivity index (χ0) is 21.5. The maximum Gasteiger partial charge on any atom is 0.312 e. The van der Waals surface area contributed by atoms with Crippen LogP contribution in [0.4, 0.5) is 0 Å². The maximum atomic E-state index is 12.7. The minimum Gasteiger partial charge on any atom is -0.493 e. The molecule has 0 spiro atoms. The Morgan fingerprint density at radius 1 is 1.13 bits per heavy atom. The van der Waals surface area contributed by atoms with E-state index in [1.807, 2.05) is 48.5 Å². The van der Waals surface area contributed by atoms with Crippen molar-refractivity contribution >= 4 is 5.97 Å². The van der Waals surface area contributed by atoms with Gasteiger partial charge in [0, 0.05) is 13.0 Å². The van der Waals surface area contributed by atoms with Crippen molar-refractivity contribution in [3.8, 4) is 11.5 Å². The van der Waals surface area contributed by atoms with Crippen LogP contribution in [-0.4, -0.2) is 33.1 Å². The molecule has 0 bridgehead atoms. The molecule has 0 N–H and O–H groups in total. The molecule has 4 atom stereocenters. The van der Waals surface area contributed by atoms with Crippen LogP contribution in [0.2, 0.25) is 0 Å². The topological polar surface area (TPSA) is 63.2 Å². The number of benzene rings is 2. The van der Waals surface area contributed by atoms with Gasteiger partial charge in [0.15, 0.2) is 17.8 Å². The lowest BCUT2D eigenvalue weighted by Crippen LogP contribution is -2.28. The number of methoxy groups -OCH3 is 2. The summed E-state index contributed by atoms with van der Waals surface area (Å²) in [4.78, 5) is 12.7. The highest BCUT2D eigenvalue weighted by atomic mass is 16.7. The summed E-state index contributed by atoms with van der Waals surface area (Å²) < 4.78 is 28.3. The van der Waals surface area contributed by atoms with Crippen LogP contribution < -0.4 is 9.47 Å². The summed E-state index contributed by atoms with van der Waals surface area (Å²) >= 11 is 0. The van der Waals surface area contributed by atoms with Crippen molar-refractivity contribution in [1.82, 2.24) is 0 Å². The quantitative estimate of drug-likeness (QED) is 0.452. The molecule has 1 aliphatic heterocycles. The molecule has 2 aromatic carbocycles. The summed E-state index contributed by atoms with van der Waals surface area (Å²) in [7, 11) is 3.13. The molecule has 0 aliphatic carbocycles. The van der Waals surface area contributed by atoms with Gasteiger partial charge in [0.05, 0.1) is 25.7 Å². The van der Waals surface area contributed by atoms with Crippen molar-refractivity contribution < 1.29 is 28.5 Å². The number of rotatable bonds is 9.